The van der Waals surface area contributed by atoms with Crippen molar-refractivity contribution in [3.63, 3.8) is 0 Å². The van der Waals surface area contributed by atoms with E-state index in [1.165, 1.54) is 10.4 Å². The molecule has 0 fully saturated rings. The summed E-state index contributed by atoms with van der Waals surface area (Å²) < 4.78 is 38.3. The maximum Gasteiger partial charge on any atom is 0.490 e. The van der Waals surface area contributed by atoms with E-state index in [0.717, 1.165) is 0 Å². The first-order valence-electron chi connectivity index (χ1n) is 9.05. The molecule has 0 aliphatic carbocycles. The number of carboxylic acid groups (broad SMARTS) is 1. The molecule has 29 heavy (non-hydrogen) atoms. The molecule has 8 heteroatoms. The minimum Gasteiger partial charge on any atom is -0.475 e. The van der Waals surface area contributed by atoms with Gasteiger partial charge in [0, 0.05) is 0 Å². The molecule has 1 atom stereocenters. The fraction of sp³-hybridized carbons (Fsp3) is 0.381. The summed E-state index contributed by atoms with van der Waals surface area (Å²) in [7, 11) is -2.47. The van der Waals surface area contributed by atoms with Gasteiger partial charge in [0.25, 0.3) is 8.32 Å². The molecule has 2 aromatic rings. The third kappa shape index (κ3) is 6.69. The van der Waals surface area contributed by atoms with Crippen LogP contribution in [-0.4, -0.2) is 43.4 Å². The van der Waals surface area contributed by atoms with Crippen LogP contribution in [0.2, 0.25) is 5.04 Å². The molecule has 1 unspecified atom stereocenters. The van der Waals surface area contributed by atoms with E-state index in [1.807, 2.05) is 12.1 Å². The number of aliphatic carboxylic acids is 1. The van der Waals surface area contributed by atoms with Gasteiger partial charge in [0.05, 0.1) is 12.7 Å². The van der Waals surface area contributed by atoms with Gasteiger partial charge in [0.1, 0.15) is 0 Å². The summed E-state index contributed by atoms with van der Waals surface area (Å²) in [5.41, 5.74) is 0. The van der Waals surface area contributed by atoms with E-state index in [0.29, 0.717) is 6.61 Å². The number of hydrogen-bond donors (Lipinski definition) is 2. The SMILES string of the molecule is CC(O)CO[Si](c1ccccc1)(c1ccccc1)C(C)(C)C.O=C(O)C(F)(F)F. The summed E-state index contributed by atoms with van der Waals surface area (Å²) in [6, 6.07) is 21.0. The molecule has 0 aliphatic rings. The van der Waals surface area contributed by atoms with Crippen molar-refractivity contribution < 1.29 is 32.6 Å². The van der Waals surface area contributed by atoms with E-state index in [1.54, 1.807) is 6.92 Å². The Morgan fingerprint density at radius 3 is 1.55 bits per heavy atom. The second kappa shape index (κ2) is 10.0. The summed E-state index contributed by atoms with van der Waals surface area (Å²) in [5, 5.41) is 19.3. The summed E-state index contributed by atoms with van der Waals surface area (Å²) in [4.78, 5) is 8.90. The van der Waals surface area contributed by atoms with Crippen molar-refractivity contribution in [3.05, 3.63) is 60.7 Å². The lowest BCUT2D eigenvalue weighted by Crippen LogP contribution is -2.67. The van der Waals surface area contributed by atoms with Gasteiger partial charge in [-0.15, -0.1) is 0 Å². The van der Waals surface area contributed by atoms with Crippen LogP contribution in [0.5, 0.6) is 0 Å². The number of aliphatic hydroxyl groups is 1. The number of benzene rings is 2. The number of alkyl halides is 3. The first-order chi connectivity index (χ1) is 13.3. The normalized spacial score (nSPS) is 13.2. The fourth-order valence-electron chi connectivity index (χ4n) is 3.01. The van der Waals surface area contributed by atoms with Gasteiger partial charge in [-0.2, -0.15) is 13.2 Å². The highest BCUT2D eigenvalue weighted by atomic mass is 28.4. The van der Waals surface area contributed by atoms with E-state index in [4.69, 9.17) is 14.3 Å². The zero-order chi connectivity index (χ0) is 22.3. The van der Waals surface area contributed by atoms with Crippen LogP contribution in [-0.2, 0) is 9.22 Å². The molecule has 2 N–H and O–H groups in total. The topological polar surface area (TPSA) is 66.8 Å². The van der Waals surface area contributed by atoms with E-state index in [9.17, 15) is 18.3 Å². The predicted molar refractivity (Wildman–Crippen MR) is 109 cm³/mol. The van der Waals surface area contributed by atoms with Crippen molar-refractivity contribution in [2.45, 2.75) is 45.0 Å². The molecule has 0 saturated carbocycles. The minimum absolute atomic E-state index is 0.0371. The first-order valence-corrected chi connectivity index (χ1v) is 11.0. The molecule has 0 bridgehead atoms. The number of aliphatic hydroxyl groups excluding tert-OH is 1. The standard InChI is InChI=1S/C19H26O2Si.C2HF3O2/c1-16(20)15-21-22(19(2,3)4,17-11-7-5-8-12-17)18-13-9-6-10-14-18;3-2(4,5)1(6)7/h5-14,16,20H,15H2,1-4H3;(H,6,7). The Morgan fingerprint density at radius 2 is 1.31 bits per heavy atom. The van der Waals surface area contributed by atoms with Crippen LogP contribution in [0.25, 0.3) is 0 Å². The van der Waals surface area contributed by atoms with Crippen LogP contribution >= 0.6 is 0 Å². The molecule has 0 aromatic heterocycles. The van der Waals surface area contributed by atoms with Gasteiger partial charge in [0.2, 0.25) is 0 Å². The highest BCUT2D eigenvalue weighted by Gasteiger charge is 2.50. The Hall–Kier alpha value is -2.16. The van der Waals surface area contributed by atoms with Crippen LogP contribution in [0.1, 0.15) is 27.7 Å². The van der Waals surface area contributed by atoms with Crippen molar-refractivity contribution in [2.24, 2.45) is 0 Å². The molecule has 2 rings (SSSR count). The quantitative estimate of drug-likeness (QED) is 0.715. The van der Waals surface area contributed by atoms with Gasteiger partial charge in [-0.1, -0.05) is 81.4 Å². The zero-order valence-electron chi connectivity index (χ0n) is 16.9. The molecule has 2 aromatic carbocycles. The Bertz CT molecular complexity index is 717. The number of hydrogen-bond acceptors (Lipinski definition) is 3. The molecule has 160 valence electrons. The lowest BCUT2D eigenvalue weighted by atomic mass is 10.2. The summed E-state index contributed by atoms with van der Waals surface area (Å²) in [6.07, 6.45) is -5.55. The Labute approximate surface area is 170 Å². The van der Waals surface area contributed by atoms with Gasteiger partial charge >= 0.3 is 12.1 Å². The molecule has 0 heterocycles. The van der Waals surface area contributed by atoms with Gasteiger partial charge in [-0.05, 0) is 22.3 Å². The monoisotopic (exact) mass is 428 g/mol. The molecule has 0 aliphatic heterocycles. The van der Waals surface area contributed by atoms with E-state index in [2.05, 4.69) is 69.3 Å². The highest BCUT2D eigenvalue weighted by Crippen LogP contribution is 2.36. The van der Waals surface area contributed by atoms with Gasteiger partial charge in [-0.3, -0.25) is 0 Å². The number of rotatable bonds is 5. The summed E-state index contributed by atoms with van der Waals surface area (Å²) in [6.45, 7) is 8.84. The zero-order valence-corrected chi connectivity index (χ0v) is 17.9. The Kier molecular flexibility index (Phi) is 8.61. The number of carboxylic acids is 1. The van der Waals surface area contributed by atoms with E-state index < -0.39 is 26.6 Å². The van der Waals surface area contributed by atoms with Crippen molar-refractivity contribution in [3.8, 4) is 0 Å². The molecule has 4 nitrogen and oxygen atoms in total. The molecule has 0 spiro atoms. The van der Waals surface area contributed by atoms with Crippen molar-refractivity contribution in [1.29, 1.82) is 0 Å². The summed E-state index contributed by atoms with van der Waals surface area (Å²) in [5.74, 6) is -2.76. The van der Waals surface area contributed by atoms with Gasteiger partial charge in [0.15, 0.2) is 0 Å². The maximum absolute atomic E-state index is 10.6. The second-order valence-corrected chi connectivity index (χ2v) is 11.9. The number of halogens is 3. The van der Waals surface area contributed by atoms with Crippen LogP contribution in [0.4, 0.5) is 13.2 Å². The largest absolute Gasteiger partial charge is 0.490 e. The fourth-order valence-corrected chi connectivity index (χ4v) is 7.65. The molecule has 0 radical (unpaired) electrons. The van der Waals surface area contributed by atoms with Gasteiger partial charge < -0.3 is 14.6 Å². The second-order valence-electron chi connectivity index (χ2n) is 7.63. The third-order valence-corrected chi connectivity index (χ3v) is 9.21. The number of carbonyl (C=O) groups is 1. The third-order valence-electron chi connectivity index (χ3n) is 4.20. The predicted octanol–water partition coefficient (Wildman–Crippen LogP) is 3.58. The van der Waals surface area contributed by atoms with Crippen LogP contribution in [0, 0.1) is 0 Å². The highest BCUT2D eigenvalue weighted by molar-refractivity contribution is 6.99. The molecule has 0 amide bonds. The lowest BCUT2D eigenvalue weighted by Gasteiger charge is -2.43. The maximum atomic E-state index is 10.6. The minimum atomic E-state index is -5.08. The molecular weight excluding hydrogens is 401 g/mol. The van der Waals surface area contributed by atoms with Crippen LogP contribution in [0.3, 0.4) is 0 Å². The summed E-state index contributed by atoms with van der Waals surface area (Å²) >= 11 is 0. The molecular formula is C21H27F3O4Si. The lowest BCUT2D eigenvalue weighted by molar-refractivity contribution is -0.192. The first kappa shape index (κ1) is 24.9. The van der Waals surface area contributed by atoms with Crippen molar-refractivity contribution >= 4 is 24.7 Å². The van der Waals surface area contributed by atoms with E-state index >= 15 is 0 Å². The molecule has 0 saturated heterocycles. The Balaban J connectivity index is 0.000000516. The van der Waals surface area contributed by atoms with Crippen LogP contribution < -0.4 is 10.4 Å². The van der Waals surface area contributed by atoms with Crippen molar-refractivity contribution in [2.75, 3.05) is 6.61 Å². The van der Waals surface area contributed by atoms with Gasteiger partial charge in [-0.25, -0.2) is 4.79 Å². The van der Waals surface area contributed by atoms with Crippen molar-refractivity contribution in [1.82, 2.24) is 0 Å². The Morgan fingerprint density at radius 1 is 0.966 bits per heavy atom. The average Bonchev–Trinajstić information content (AvgIpc) is 2.62. The van der Waals surface area contributed by atoms with Crippen LogP contribution in [0.15, 0.2) is 60.7 Å². The smallest absolute Gasteiger partial charge is 0.475 e. The average molecular weight is 429 g/mol. The van der Waals surface area contributed by atoms with E-state index in [-0.39, 0.29) is 5.04 Å².